The molecule has 2 heterocycles. The van der Waals surface area contributed by atoms with E-state index in [2.05, 4.69) is 15.5 Å². The standard InChI is InChI=1S/C30H31FN4O5/c31-24-11-9-22(10-12-24)28(36)33-25-8-4-7-23(19-25)27-26(29(37)32-13-14-34-15-17-39-18-16-34)35(30(38)40-27)20-21-5-2-1-3-6-21/h1-12,19,26-27H,13-18,20H2,(H,32,37)(H,33,36). The summed E-state index contributed by atoms with van der Waals surface area (Å²) >= 11 is 0. The highest BCUT2D eigenvalue weighted by molar-refractivity contribution is 6.04. The number of cyclic esters (lactones) is 1. The summed E-state index contributed by atoms with van der Waals surface area (Å²) in [6.07, 6.45) is -1.48. The number of hydrogen-bond acceptors (Lipinski definition) is 6. The van der Waals surface area contributed by atoms with Crippen LogP contribution in [0.5, 0.6) is 0 Å². The molecule has 10 heteroatoms. The molecule has 2 aliphatic heterocycles. The van der Waals surface area contributed by atoms with Crippen LogP contribution >= 0.6 is 0 Å². The number of carbonyl (C=O) groups is 3. The van der Waals surface area contributed by atoms with E-state index in [-0.39, 0.29) is 12.5 Å². The lowest BCUT2D eigenvalue weighted by atomic mass is 10.00. The zero-order chi connectivity index (χ0) is 27.9. The summed E-state index contributed by atoms with van der Waals surface area (Å²) in [4.78, 5) is 43.0. The van der Waals surface area contributed by atoms with Crippen LogP contribution in [0.3, 0.4) is 0 Å². The van der Waals surface area contributed by atoms with Gasteiger partial charge in [0.15, 0.2) is 12.1 Å². The molecule has 2 fully saturated rings. The van der Waals surface area contributed by atoms with E-state index in [1.54, 1.807) is 24.3 Å². The maximum Gasteiger partial charge on any atom is 0.411 e. The van der Waals surface area contributed by atoms with Crippen LogP contribution in [0.4, 0.5) is 14.9 Å². The summed E-state index contributed by atoms with van der Waals surface area (Å²) in [5.74, 6) is -1.17. The van der Waals surface area contributed by atoms with Gasteiger partial charge in [-0.15, -0.1) is 0 Å². The lowest BCUT2D eigenvalue weighted by Crippen LogP contribution is -2.48. The Balaban J connectivity index is 1.34. The second-order valence-electron chi connectivity index (χ2n) is 9.69. The van der Waals surface area contributed by atoms with Gasteiger partial charge in [0, 0.05) is 37.4 Å². The molecule has 3 amide bonds. The van der Waals surface area contributed by atoms with Crippen LogP contribution in [-0.4, -0.2) is 73.1 Å². The minimum Gasteiger partial charge on any atom is -0.438 e. The molecule has 2 N–H and O–H groups in total. The lowest BCUT2D eigenvalue weighted by Gasteiger charge is -2.28. The third-order valence-electron chi connectivity index (χ3n) is 6.96. The number of ether oxygens (including phenoxy) is 2. The Bertz CT molecular complexity index is 1330. The van der Waals surface area contributed by atoms with Crippen molar-refractivity contribution in [1.29, 1.82) is 0 Å². The summed E-state index contributed by atoms with van der Waals surface area (Å²) in [6, 6.07) is 20.6. The first kappa shape index (κ1) is 27.3. The SMILES string of the molecule is O=C(Nc1cccc(C2OC(=O)N(Cc3ccccc3)C2C(=O)NCCN2CCOCC2)c1)c1ccc(F)cc1. The topological polar surface area (TPSA) is 100 Å². The van der Waals surface area contributed by atoms with Gasteiger partial charge in [0.2, 0.25) is 5.91 Å². The molecule has 2 aliphatic rings. The number of nitrogens with zero attached hydrogens (tertiary/aromatic N) is 2. The molecule has 2 unspecified atom stereocenters. The van der Waals surface area contributed by atoms with Gasteiger partial charge in [-0.05, 0) is 47.5 Å². The van der Waals surface area contributed by atoms with Crippen molar-refractivity contribution in [3.8, 4) is 0 Å². The van der Waals surface area contributed by atoms with E-state index in [4.69, 9.17) is 9.47 Å². The number of halogens is 1. The fraction of sp³-hybridized carbons (Fsp3) is 0.300. The third kappa shape index (κ3) is 6.64. The molecule has 9 nitrogen and oxygen atoms in total. The van der Waals surface area contributed by atoms with E-state index in [0.717, 1.165) is 18.7 Å². The molecule has 0 saturated carbocycles. The molecule has 0 radical (unpaired) electrons. The monoisotopic (exact) mass is 546 g/mol. The Morgan fingerprint density at radius 2 is 1.70 bits per heavy atom. The van der Waals surface area contributed by atoms with Gasteiger partial charge >= 0.3 is 6.09 Å². The van der Waals surface area contributed by atoms with Gasteiger partial charge in [-0.25, -0.2) is 9.18 Å². The van der Waals surface area contributed by atoms with Crippen LogP contribution in [0.15, 0.2) is 78.9 Å². The third-order valence-corrected chi connectivity index (χ3v) is 6.96. The second-order valence-corrected chi connectivity index (χ2v) is 9.69. The van der Waals surface area contributed by atoms with Crippen LogP contribution in [-0.2, 0) is 20.8 Å². The molecule has 5 rings (SSSR count). The van der Waals surface area contributed by atoms with E-state index in [1.165, 1.54) is 29.2 Å². The Labute approximate surface area is 231 Å². The number of amides is 3. The quantitative estimate of drug-likeness (QED) is 0.426. The van der Waals surface area contributed by atoms with Gasteiger partial charge in [0.1, 0.15) is 5.82 Å². The predicted octanol–water partition coefficient (Wildman–Crippen LogP) is 3.59. The van der Waals surface area contributed by atoms with Crippen LogP contribution in [0.25, 0.3) is 0 Å². The summed E-state index contributed by atoms with van der Waals surface area (Å²) in [5.41, 5.74) is 2.18. The number of carbonyl (C=O) groups excluding carboxylic acids is 3. The molecular formula is C30H31FN4O5. The van der Waals surface area contributed by atoms with Crippen molar-refractivity contribution in [2.45, 2.75) is 18.7 Å². The number of morpholine rings is 1. The second kappa shape index (κ2) is 12.7. The van der Waals surface area contributed by atoms with Crippen LogP contribution in [0.1, 0.15) is 27.6 Å². The zero-order valence-corrected chi connectivity index (χ0v) is 21.9. The van der Waals surface area contributed by atoms with Crippen molar-refractivity contribution < 1.29 is 28.2 Å². The fourth-order valence-corrected chi connectivity index (χ4v) is 4.85. The summed E-state index contributed by atoms with van der Waals surface area (Å²) in [7, 11) is 0. The molecule has 3 aromatic rings. The van der Waals surface area contributed by atoms with Gasteiger partial charge in [-0.1, -0.05) is 42.5 Å². The smallest absolute Gasteiger partial charge is 0.411 e. The van der Waals surface area contributed by atoms with Gasteiger partial charge in [-0.2, -0.15) is 0 Å². The molecule has 40 heavy (non-hydrogen) atoms. The van der Waals surface area contributed by atoms with E-state index in [9.17, 15) is 18.8 Å². The van der Waals surface area contributed by atoms with Crippen LogP contribution in [0.2, 0.25) is 0 Å². The molecule has 2 saturated heterocycles. The van der Waals surface area contributed by atoms with Crippen molar-refractivity contribution in [3.63, 3.8) is 0 Å². The van der Waals surface area contributed by atoms with Crippen LogP contribution in [0, 0.1) is 5.82 Å². The highest BCUT2D eigenvalue weighted by Crippen LogP contribution is 2.35. The first-order valence-corrected chi connectivity index (χ1v) is 13.2. The van der Waals surface area contributed by atoms with E-state index in [0.29, 0.717) is 43.1 Å². The highest BCUT2D eigenvalue weighted by Gasteiger charge is 2.47. The maximum atomic E-state index is 13.6. The highest BCUT2D eigenvalue weighted by atomic mass is 19.1. The first-order chi connectivity index (χ1) is 19.5. The van der Waals surface area contributed by atoms with E-state index < -0.39 is 30.0 Å². The molecule has 3 aromatic carbocycles. The number of rotatable bonds is 9. The number of nitrogens with one attached hydrogen (secondary N) is 2. The minimum atomic E-state index is -0.916. The van der Waals surface area contributed by atoms with Gasteiger partial charge in [0.05, 0.1) is 19.8 Å². The number of anilines is 1. The zero-order valence-electron chi connectivity index (χ0n) is 21.9. The Hall–Kier alpha value is -4.28. The van der Waals surface area contributed by atoms with Gasteiger partial charge in [-0.3, -0.25) is 19.4 Å². The summed E-state index contributed by atoms with van der Waals surface area (Å²) in [6.45, 7) is 4.24. The van der Waals surface area contributed by atoms with Crippen molar-refractivity contribution in [3.05, 3.63) is 101 Å². The average molecular weight is 547 g/mol. The average Bonchev–Trinajstić information content (AvgIpc) is 3.30. The van der Waals surface area contributed by atoms with Crippen molar-refractivity contribution in [1.82, 2.24) is 15.1 Å². The Kier molecular flexibility index (Phi) is 8.68. The largest absolute Gasteiger partial charge is 0.438 e. The Morgan fingerprint density at radius 3 is 2.45 bits per heavy atom. The van der Waals surface area contributed by atoms with Crippen molar-refractivity contribution >= 4 is 23.6 Å². The molecule has 2 atom stereocenters. The molecule has 0 aliphatic carbocycles. The predicted molar refractivity (Wildman–Crippen MR) is 146 cm³/mol. The lowest BCUT2D eigenvalue weighted by molar-refractivity contribution is -0.126. The maximum absolute atomic E-state index is 13.6. The van der Waals surface area contributed by atoms with Gasteiger partial charge < -0.3 is 20.1 Å². The van der Waals surface area contributed by atoms with Crippen molar-refractivity contribution in [2.24, 2.45) is 0 Å². The molecular weight excluding hydrogens is 515 g/mol. The number of hydrogen-bond donors (Lipinski definition) is 2. The molecule has 208 valence electrons. The first-order valence-electron chi connectivity index (χ1n) is 13.2. The molecule has 0 spiro atoms. The normalized spacial score (nSPS) is 19.2. The van der Waals surface area contributed by atoms with Gasteiger partial charge in [0.25, 0.3) is 5.91 Å². The Morgan fingerprint density at radius 1 is 0.950 bits per heavy atom. The number of benzene rings is 3. The molecule has 0 bridgehead atoms. The van der Waals surface area contributed by atoms with Crippen LogP contribution < -0.4 is 10.6 Å². The van der Waals surface area contributed by atoms with Crippen molar-refractivity contribution in [2.75, 3.05) is 44.7 Å². The summed E-state index contributed by atoms with van der Waals surface area (Å²) in [5, 5.41) is 5.77. The van der Waals surface area contributed by atoms with E-state index in [1.807, 2.05) is 30.3 Å². The minimum absolute atomic E-state index is 0.207. The summed E-state index contributed by atoms with van der Waals surface area (Å²) < 4.78 is 24.4. The molecule has 0 aromatic heterocycles. The fourth-order valence-electron chi connectivity index (χ4n) is 4.85. The van der Waals surface area contributed by atoms with E-state index >= 15 is 0 Å².